The lowest BCUT2D eigenvalue weighted by molar-refractivity contribution is -0.144. The van der Waals surface area contributed by atoms with Crippen LogP contribution in [0.4, 0.5) is 0 Å². The molecule has 0 bridgehead atoms. The number of rotatable bonds is 2. The third-order valence-corrected chi connectivity index (χ3v) is 1.82. The molecule has 2 atom stereocenters. The second-order valence-corrected chi connectivity index (χ2v) is 3.10. The van der Waals surface area contributed by atoms with Gasteiger partial charge in [-0.05, 0) is 13.3 Å². The van der Waals surface area contributed by atoms with E-state index in [1.54, 1.807) is 0 Å². The molecular weight excluding hydrogens is 144 g/mol. The summed E-state index contributed by atoms with van der Waals surface area (Å²) in [5, 5.41) is 0. The van der Waals surface area contributed by atoms with E-state index in [-0.39, 0.29) is 23.8 Å². The maximum atomic E-state index is 10.8. The second kappa shape index (κ2) is 3.03. The smallest absolute Gasteiger partial charge is 0.309 e. The molecule has 0 N–H and O–H groups in total. The van der Waals surface area contributed by atoms with Crippen LogP contribution in [-0.2, 0) is 14.3 Å². The van der Waals surface area contributed by atoms with Gasteiger partial charge in [0.05, 0.1) is 5.92 Å². The first kappa shape index (κ1) is 8.24. The van der Waals surface area contributed by atoms with E-state index in [2.05, 4.69) is 0 Å². The Hall–Kier alpha value is -0.860. The van der Waals surface area contributed by atoms with Crippen LogP contribution < -0.4 is 0 Å². The molecule has 0 amide bonds. The molecule has 0 aromatic rings. The van der Waals surface area contributed by atoms with Crippen LogP contribution in [0.5, 0.6) is 0 Å². The van der Waals surface area contributed by atoms with Crippen molar-refractivity contribution < 1.29 is 14.3 Å². The number of carbonyl (C=O) groups excluding carboxylic acids is 2. The Bertz CT molecular complexity index is 184. The summed E-state index contributed by atoms with van der Waals surface area (Å²) in [4.78, 5) is 21.5. The molecule has 1 rings (SSSR count). The first-order valence-corrected chi connectivity index (χ1v) is 3.79. The molecule has 3 nitrogen and oxygen atoms in total. The van der Waals surface area contributed by atoms with E-state index in [4.69, 9.17) is 4.74 Å². The lowest BCUT2D eigenvalue weighted by Crippen LogP contribution is -2.10. The van der Waals surface area contributed by atoms with Gasteiger partial charge in [0.1, 0.15) is 11.9 Å². The molecule has 0 aromatic carbocycles. The molecule has 1 aliphatic rings. The second-order valence-electron chi connectivity index (χ2n) is 3.10. The third-order valence-electron chi connectivity index (χ3n) is 1.82. The van der Waals surface area contributed by atoms with Gasteiger partial charge in [-0.2, -0.15) is 0 Å². The van der Waals surface area contributed by atoms with Crippen LogP contribution in [0.3, 0.4) is 0 Å². The molecule has 0 saturated carbocycles. The Labute approximate surface area is 65.7 Å². The summed E-state index contributed by atoms with van der Waals surface area (Å²) < 4.78 is 4.92. The van der Waals surface area contributed by atoms with E-state index >= 15 is 0 Å². The number of ketones is 1. The average Bonchev–Trinajstić information content (AvgIpc) is 2.10. The van der Waals surface area contributed by atoms with Gasteiger partial charge in [-0.3, -0.25) is 9.59 Å². The topological polar surface area (TPSA) is 43.4 Å². The highest BCUT2D eigenvalue weighted by molar-refractivity contribution is 5.78. The predicted octanol–water partition coefficient (Wildman–Crippen LogP) is 0.917. The fraction of sp³-hybridized carbons (Fsp3) is 0.750. The van der Waals surface area contributed by atoms with Gasteiger partial charge >= 0.3 is 5.97 Å². The Balaban J connectivity index is 2.41. The molecule has 0 spiro atoms. The molecule has 1 saturated heterocycles. The summed E-state index contributed by atoms with van der Waals surface area (Å²) in [5.41, 5.74) is 0. The minimum atomic E-state index is -0.170. The van der Waals surface area contributed by atoms with Crippen molar-refractivity contribution in [2.75, 3.05) is 0 Å². The fourth-order valence-electron chi connectivity index (χ4n) is 1.26. The van der Waals surface area contributed by atoms with Gasteiger partial charge in [0.2, 0.25) is 0 Å². The normalized spacial score (nSPS) is 30.2. The van der Waals surface area contributed by atoms with Crippen molar-refractivity contribution in [3.63, 3.8) is 0 Å². The number of Topliss-reactive ketones (excluding diaryl/α,β-unsaturated/α-hetero) is 1. The molecule has 0 unspecified atom stereocenters. The zero-order chi connectivity index (χ0) is 8.43. The largest absolute Gasteiger partial charge is 0.462 e. The van der Waals surface area contributed by atoms with E-state index in [0.717, 1.165) is 0 Å². The van der Waals surface area contributed by atoms with Crippen molar-refractivity contribution in [1.82, 2.24) is 0 Å². The number of carbonyl (C=O) groups is 2. The standard InChI is InChI=1S/C8H12O3/c1-5-3-7(4-6(2)9)11-8(5)10/h5,7H,3-4H2,1-2H3/t5-,7-/m1/s1. The van der Waals surface area contributed by atoms with Crippen molar-refractivity contribution in [2.45, 2.75) is 32.8 Å². The van der Waals surface area contributed by atoms with Gasteiger partial charge in [0.25, 0.3) is 0 Å². The minimum Gasteiger partial charge on any atom is -0.462 e. The molecule has 1 fully saturated rings. The summed E-state index contributed by atoms with van der Waals surface area (Å²) in [6.07, 6.45) is 0.907. The van der Waals surface area contributed by atoms with Gasteiger partial charge in [-0.1, -0.05) is 6.92 Å². The molecule has 1 heterocycles. The van der Waals surface area contributed by atoms with Crippen molar-refractivity contribution in [3.05, 3.63) is 0 Å². The van der Waals surface area contributed by atoms with Crippen LogP contribution in [0.1, 0.15) is 26.7 Å². The van der Waals surface area contributed by atoms with Gasteiger partial charge in [0.15, 0.2) is 0 Å². The van der Waals surface area contributed by atoms with E-state index in [9.17, 15) is 9.59 Å². The Morgan fingerprint density at radius 1 is 1.73 bits per heavy atom. The maximum Gasteiger partial charge on any atom is 0.309 e. The first-order valence-electron chi connectivity index (χ1n) is 3.79. The van der Waals surface area contributed by atoms with Crippen molar-refractivity contribution in [1.29, 1.82) is 0 Å². The van der Waals surface area contributed by atoms with E-state index in [1.165, 1.54) is 6.92 Å². The quantitative estimate of drug-likeness (QED) is 0.558. The maximum absolute atomic E-state index is 10.8. The Morgan fingerprint density at radius 3 is 2.73 bits per heavy atom. The molecule has 1 aliphatic heterocycles. The zero-order valence-corrected chi connectivity index (χ0v) is 6.79. The summed E-state index contributed by atoms with van der Waals surface area (Å²) in [5.74, 6) is -0.118. The fourth-order valence-corrected chi connectivity index (χ4v) is 1.26. The van der Waals surface area contributed by atoms with Crippen molar-refractivity contribution in [2.24, 2.45) is 5.92 Å². The molecular formula is C8H12O3. The van der Waals surface area contributed by atoms with Crippen LogP contribution in [0, 0.1) is 5.92 Å². The summed E-state index contributed by atoms with van der Waals surface area (Å²) in [7, 11) is 0. The van der Waals surface area contributed by atoms with E-state index in [0.29, 0.717) is 12.8 Å². The van der Waals surface area contributed by atoms with Crippen LogP contribution in [0.2, 0.25) is 0 Å². The number of cyclic esters (lactones) is 1. The molecule has 3 heteroatoms. The highest BCUT2D eigenvalue weighted by atomic mass is 16.5. The van der Waals surface area contributed by atoms with Crippen LogP contribution in [-0.4, -0.2) is 17.9 Å². The van der Waals surface area contributed by atoms with Gasteiger partial charge in [0, 0.05) is 6.42 Å². The number of ether oxygens (including phenoxy) is 1. The van der Waals surface area contributed by atoms with Crippen molar-refractivity contribution in [3.8, 4) is 0 Å². The SMILES string of the molecule is CC(=O)C[C@H]1C[C@@H](C)C(=O)O1. The third kappa shape index (κ3) is 2.03. The van der Waals surface area contributed by atoms with Gasteiger partial charge < -0.3 is 4.74 Å². The molecule has 0 aromatic heterocycles. The number of hydrogen-bond acceptors (Lipinski definition) is 3. The van der Waals surface area contributed by atoms with Gasteiger partial charge in [-0.25, -0.2) is 0 Å². The summed E-state index contributed by atoms with van der Waals surface area (Å²) >= 11 is 0. The van der Waals surface area contributed by atoms with Gasteiger partial charge in [-0.15, -0.1) is 0 Å². The van der Waals surface area contributed by atoms with E-state index in [1.807, 2.05) is 6.92 Å². The van der Waals surface area contributed by atoms with Crippen molar-refractivity contribution >= 4 is 11.8 Å². The lowest BCUT2D eigenvalue weighted by atomic mass is 10.0. The predicted molar refractivity (Wildman–Crippen MR) is 39.0 cm³/mol. The van der Waals surface area contributed by atoms with Crippen LogP contribution in [0.15, 0.2) is 0 Å². The molecule has 0 radical (unpaired) electrons. The molecule has 0 aliphatic carbocycles. The minimum absolute atomic E-state index is 0.0284. The monoisotopic (exact) mass is 156 g/mol. The molecule has 62 valence electrons. The number of esters is 1. The number of hydrogen-bond donors (Lipinski definition) is 0. The molecule has 11 heavy (non-hydrogen) atoms. The first-order chi connectivity index (χ1) is 5.09. The van der Waals surface area contributed by atoms with E-state index < -0.39 is 0 Å². The zero-order valence-electron chi connectivity index (χ0n) is 6.79. The summed E-state index contributed by atoms with van der Waals surface area (Å²) in [6, 6.07) is 0. The van der Waals surface area contributed by atoms with Crippen LogP contribution >= 0.6 is 0 Å². The van der Waals surface area contributed by atoms with Crippen LogP contribution in [0.25, 0.3) is 0 Å². The summed E-state index contributed by atoms with van der Waals surface area (Å²) in [6.45, 7) is 3.33. The Kier molecular flexibility index (Phi) is 2.27. The Morgan fingerprint density at radius 2 is 2.36 bits per heavy atom. The average molecular weight is 156 g/mol. The lowest BCUT2D eigenvalue weighted by Gasteiger charge is -2.04. The highest BCUT2D eigenvalue weighted by Gasteiger charge is 2.31. The highest BCUT2D eigenvalue weighted by Crippen LogP contribution is 2.22.